The maximum atomic E-state index is 10.5. The molecule has 0 N–H and O–H groups in total. The minimum Gasteiger partial charge on any atom is -0.850 e. The minimum atomic E-state index is -0.708. The van der Waals surface area contributed by atoms with Crippen molar-refractivity contribution in [1.29, 1.82) is 0 Å². The molecule has 0 heterocycles. The van der Waals surface area contributed by atoms with E-state index >= 15 is 0 Å². The molecule has 0 spiro atoms. The molecule has 25 heavy (non-hydrogen) atoms. The van der Waals surface area contributed by atoms with Gasteiger partial charge in [0.1, 0.15) is 0 Å². The van der Waals surface area contributed by atoms with Crippen molar-refractivity contribution in [1.82, 2.24) is 0 Å². The largest absolute Gasteiger partial charge is 4.00 e. The van der Waals surface area contributed by atoms with Crippen LogP contribution in [0.4, 0.5) is 0 Å². The van der Waals surface area contributed by atoms with E-state index in [1.165, 1.54) is 0 Å². The van der Waals surface area contributed by atoms with E-state index in [-0.39, 0.29) is 26.2 Å². The Balaban J connectivity index is -0.0000000702. The summed E-state index contributed by atoms with van der Waals surface area (Å²) in [6, 6.07) is 0. The van der Waals surface area contributed by atoms with Crippen molar-refractivity contribution < 1.29 is 46.6 Å². The zero-order valence-electron chi connectivity index (χ0n) is 19.0. The first kappa shape index (κ1) is 36.6. The van der Waals surface area contributed by atoms with Crippen molar-refractivity contribution in [2.75, 3.05) is 0 Å². The van der Waals surface area contributed by atoms with Crippen LogP contribution in [0.5, 0.6) is 0 Å². The molecule has 0 aliphatic heterocycles. The van der Waals surface area contributed by atoms with E-state index in [1.54, 1.807) is 55.4 Å². The maximum Gasteiger partial charge on any atom is 4.00 e. The van der Waals surface area contributed by atoms with Crippen molar-refractivity contribution >= 4 is 0 Å². The third kappa shape index (κ3) is 78.9. The molecule has 152 valence electrons. The summed E-state index contributed by atoms with van der Waals surface area (Å²) in [5.74, 6) is 0. The summed E-state index contributed by atoms with van der Waals surface area (Å²) in [5, 5.41) is 41.9. The molecule has 0 aromatic carbocycles. The van der Waals surface area contributed by atoms with E-state index in [1.807, 2.05) is 27.7 Å². The molecule has 0 aliphatic rings. The second-order valence-electron chi connectivity index (χ2n) is 8.45. The number of hydrogen-bond donors (Lipinski definition) is 0. The van der Waals surface area contributed by atoms with Gasteiger partial charge in [-0.15, -0.1) is 22.4 Å². The third-order valence-corrected chi connectivity index (χ3v) is 3.41. The average molecular weight is 440 g/mol. The van der Waals surface area contributed by atoms with E-state index in [2.05, 4.69) is 0 Å². The molecule has 0 radical (unpaired) electrons. The van der Waals surface area contributed by atoms with Crippen LogP contribution in [0, 0.1) is 0 Å². The Bertz CT molecular complexity index is 197. The normalized spacial score (nSPS) is 11.5. The van der Waals surface area contributed by atoms with Gasteiger partial charge >= 0.3 is 26.2 Å². The Morgan fingerprint density at radius 1 is 0.400 bits per heavy atom. The first-order valence-corrected chi connectivity index (χ1v) is 9.06. The van der Waals surface area contributed by atoms with Crippen LogP contribution >= 0.6 is 0 Å². The molecular weight excluding hydrogens is 395 g/mol. The monoisotopic (exact) mass is 438 g/mol. The molecular formula is C20H44O4Zr. The second-order valence-corrected chi connectivity index (χ2v) is 8.45. The molecule has 0 atom stereocenters. The summed E-state index contributed by atoms with van der Waals surface area (Å²) >= 11 is 0. The molecule has 4 nitrogen and oxygen atoms in total. The molecule has 0 bridgehead atoms. The molecule has 0 amide bonds. The molecule has 0 saturated heterocycles. The quantitative estimate of drug-likeness (QED) is 0.671. The average Bonchev–Trinajstić information content (AvgIpc) is 2.37. The smallest absolute Gasteiger partial charge is 0.850 e. The predicted octanol–water partition coefficient (Wildman–Crippen LogP) is 2.14. The molecule has 0 aliphatic carbocycles. The first-order valence-electron chi connectivity index (χ1n) is 9.06. The van der Waals surface area contributed by atoms with Crippen LogP contribution in [0.15, 0.2) is 0 Å². The van der Waals surface area contributed by atoms with Gasteiger partial charge in [0.05, 0.1) is 0 Å². The van der Waals surface area contributed by atoms with Crippen molar-refractivity contribution in [2.24, 2.45) is 0 Å². The summed E-state index contributed by atoms with van der Waals surface area (Å²) in [5.41, 5.74) is -2.83. The van der Waals surface area contributed by atoms with Crippen molar-refractivity contribution in [3.05, 3.63) is 0 Å². The Kier molecular flexibility index (Phi) is 24.7. The SMILES string of the molecule is CCC(C)(C)[O-].CCC(C)(C)[O-].CCC(C)(C)[O-].CCC(C)(C)[O-].[Zr+4]. The van der Waals surface area contributed by atoms with Crippen molar-refractivity contribution in [3.8, 4) is 0 Å². The van der Waals surface area contributed by atoms with Crippen molar-refractivity contribution in [2.45, 2.75) is 131 Å². The van der Waals surface area contributed by atoms with Crippen LogP contribution in [0.3, 0.4) is 0 Å². The van der Waals surface area contributed by atoms with Gasteiger partial charge in [-0.2, -0.15) is 0 Å². The van der Waals surface area contributed by atoms with Gasteiger partial charge in [0.25, 0.3) is 0 Å². The summed E-state index contributed by atoms with van der Waals surface area (Å²) in [7, 11) is 0. The Hall–Kier alpha value is 0.723. The second kappa shape index (κ2) is 16.9. The Morgan fingerprint density at radius 2 is 0.440 bits per heavy atom. The van der Waals surface area contributed by atoms with E-state index in [4.69, 9.17) is 0 Å². The number of rotatable bonds is 4. The molecule has 0 aromatic heterocycles. The fourth-order valence-electron chi connectivity index (χ4n) is 0. The van der Waals surface area contributed by atoms with Gasteiger partial charge in [-0.1, -0.05) is 109 Å². The first-order chi connectivity index (χ1) is 10.2. The molecule has 0 unspecified atom stereocenters. The van der Waals surface area contributed by atoms with E-state index in [9.17, 15) is 20.4 Å². The maximum absolute atomic E-state index is 10.5. The van der Waals surface area contributed by atoms with Gasteiger partial charge in [0.2, 0.25) is 0 Å². The fourth-order valence-corrected chi connectivity index (χ4v) is 0. The zero-order chi connectivity index (χ0) is 20.8. The van der Waals surface area contributed by atoms with Gasteiger partial charge in [-0.25, -0.2) is 0 Å². The van der Waals surface area contributed by atoms with Crippen molar-refractivity contribution in [3.63, 3.8) is 0 Å². The van der Waals surface area contributed by atoms with Crippen LogP contribution < -0.4 is 20.4 Å². The Morgan fingerprint density at radius 3 is 0.440 bits per heavy atom. The summed E-state index contributed by atoms with van der Waals surface area (Å²) in [6.45, 7) is 21.1. The van der Waals surface area contributed by atoms with Gasteiger partial charge in [0, 0.05) is 0 Å². The van der Waals surface area contributed by atoms with Crippen LogP contribution in [0.1, 0.15) is 109 Å². The van der Waals surface area contributed by atoms with E-state index < -0.39 is 22.4 Å². The van der Waals surface area contributed by atoms with Crippen LogP contribution in [0.2, 0.25) is 0 Å². The van der Waals surface area contributed by atoms with E-state index in [0.717, 1.165) is 0 Å². The molecule has 0 fully saturated rings. The molecule has 5 heteroatoms. The molecule has 0 saturated carbocycles. The summed E-state index contributed by atoms with van der Waals surface area (Å²) in [4.78, 5) is 0. The number of hydrogen-bond acceptors (Lipinski definition) is 4. The van der Waals surface area contributed by atoms with Gasteiger partial charge < -0.3 is 20.4 Å². The topological polar surface area (TPSA) is 92.2 Å². The standard InChI is InChI=1S/4C5H11O.Zr/c4*1-4-5(2,3)6;/h4*4H2,1-3H3;/q4*-1;+4. The van der Waals surface area contributed by atoms with Gasteiger partial charge in [-0.3, -0.25) is 0 Å². The minimum absolute atomic E-state index is 0. The fraction of sp³-hybridized carbons (Fsp3) is 1.00. The Labute approximate surface area is 177 Å². The molecule has 0 rings (SSSR count). The van der Waals surface area contributed by atoms with Gasteiger partial charge in [-0.05, 0) is 0 Å². The predicted molar refractivity (Wildman–Crippen MR) is 97.5 cm³/mol. The third-order valence-electron chi connectivity index (χ3n) is 3.41. The summed E-state index contributed by atoms with van der Waals surface area (Å²) < 4.78 is 0. The summed E-state index contributed by atoms with van der Waals surface area (Å²) in [6.07, 6.45) is 2.86. The zero-order valence-corrected chi connectivity index (χ0v) is 21.4. The van der Waals surface area contributed by atoms with Gasteiger partial charge in [0.15, 0.2) is 0 Å². The van der Waals surface area contributed by atoms with Crippen LogP contribution in [-0.4, -0.2) is 22.4 Å². The van der Waals surface area contributed by atoms with Crippen LogP contribution in [-0.2, 0) is 26.2 Å². The van der Waals surface area contributed by atoms with Crippen LogP contribution in [0.25, 0.3) is 0 Å². The van der Waals surface area contributed by atoms with E-state index in [0.29, 0.717) is 25.7 Å². The molecule has 0 aromatic rings.